The van der Waals surface area contributed by atoms with Crippen molar-refractivity contribution in [3.63, 3.8) is 0 Å². The molecule has 0 unspecified atom stereocenters. The predicted molar refractivity (Wildman–Crippen MR) is 75.6 cm³/mol. The lowest BCUT2D eigenvalue weighted by Gasteiger charge is -2.07. The first-order chi connectivity index (χ1) is 7.65. The zero-order chi connectivity index (χ0) is 11.5. The first kappa shape index (κ1) is 11.5. The Morgan fingerprint density at radius 2 is 1.62 bits per heavy atom. The molecule has 0 aromatic heterocycles. The van der Waals surface area contributed by atoms with Crippen LogP contribution >= 0.6 is 34.2 Å². The quantitative estimate of drug-likeness (QED) is 0.625. The lowest BCUT2D eigenvalue weighted by atomic mass is 10.2. The van der Waals surface area contributed by atoms with Crippen LogP contribution in [-0.2, 0) is 0 Å². The van der Waals surface area contributed by atoms with Crippen molar-refractivity contribution in [1.82, 2.24) is 0 Å². The second-order valence-corrected chi connectivity index (χ2v) is 4.95. The van der Waals surface area contributed by atoms with E-state index in [9.17, 15) is 5.11 Å². The molecule has 82 valence electrons. The first-order valence-electron chi connectivity index (χ1n) is 4.66. The van der Waals surface area contributed by atoms with Crippen molar-refractivity contribution >= 4 is 45.6 Å². The molecule has 0 bridgehead atoms. The molecule has 0 spiro atoms. The van der Waals surface area contributed by atoms with Gasteiger partial charge in [0.05, 0.1) is 5.02 Å². The fourth-order valence-corrected chi connectivity index (χ4v) is 1.82. The molecule has 16 heavy (non-hydrogen) atoms. The van der Waals surface area contributed by atoms with Gasteiger partial charge in [-0.15, -0.1) is 0 Å². The molecule has 0 radical (unpaired) electrons. The van der Waals surface area contributed by atoms with Gasteiger partial charge in [-0.2, -0.15) is 0 Å². The van der Waals surface area contributed by atoms with Crippen LogP contribution in [0, 0.1) is 3.57 Å². The van der Waals surface area contributed by atoms with E-state index in [-0.39, 0.29) is 5.75 Å². The Bertz CT molecular complexity index is 499. The average Bonchev–Trinajstić information content (AvgIpc) is 2.27. The molecule has 0 fully saturated rings. The molecule has 0 amide bonds. The summed E-state index contributed by atoms with van der Waals surface area (Å²) in [6, 6.07) is 13.0. The van der Waals surface area contributed by atoms with Gasteiger partial charge in [0, 0.05) is 14.9 Å². The third-order valence-electron chi connectivity index (χ3n) is 2.08. The van der Waals surface area contributed by atoms with E-state index in [4.69, 9.17) is 11.6 Å². The van der Waals surface area contributed by atoms with Crippen LogP contribution < -0.4 is 5.32 Å². The number of phenolic OH excluding ortho intramolecular Hbond substituents is 1. The molecule has 0 heterocycles. The number of phenols is 1. The zero-order valence-electron chi connectivity index (χ0n) is 8.24. The van der Waals surface area contributed by atoms with Gasteiger partial charge in [-0.3, -0.25) is 0 Å². The summed E-state index contributed by atoms with van der Waals surface area (Å²) in [6.45, 7) is 0. The van der Waals surface area contributed by atoms with Crippen LogP contribution in [0.15, 0.2) is 42.5 Å². The first-order valence-corrected chi connectivity index (χ1v) is 6.12. The molecule has 2 aromatic carbocycles. The molecule has 0 aliphatic rings. The maximum absolute atomic E-state index is 9.29. The van der Waals surface area contributed by atoms with Gasteiger partial charge in [-0.25, -0.2) is 0 Å². The summed E-state index contributed by atoms with van der Waals surface area (Å²) in [5.74, 6) is 0.0924. The lowest BCUT2D eigenvalue weighted by Crippen LogP contribution is -1.89. The van der Waals surface area contributed by atoms with Crippen molar-refractivity contribution in [1.29, 1.82) is 0 Å². The molecule has 0 saturated carbocycles. The monoisotopic (exact) mass is 345 g/mol. The van der Waals surface area contributed by atoms with E-state index in [2.05, 4.69) is 27.9 Å². The summed E-state index contributed by atoms with van der Waals surface area (Å²) >= 11 is 8.07. The minimum absolute atomic E-state index is 0.0924. The average molecular weight is 346 g/mol. The van der Waals surface area contributed by atoms with E-state index in [1.165, 1.54) is 3.57 Å². The molecule has 0 aliphatic carbocycles. The molecular weight excluding hydrogens is 336 g/mol. The standard InChI is InChI=1S/C12H9ClINO/c13-11-7-10(5-6-12(11)16)15-9-3-1-8(14)2-4-9/h1-7,15-16H. The summed E-state index contributed by atoms with van der Waals surface area (Å²) in [5.41, 5.74) is 1.84. The Labute approximate surface area is 112 Å². The summed E-state index contributed by atoms with van der Waals surface area (Å²) in [4.78, 5) is 0. The normalized spacial score (nSPS) is 10.1. The van der Waals surface area contributed by atoms with Crippen molar-refractivity contribution < 1.29 is 5.11 Å². The van der Waals surface area contributed by atoms with Gasteiger partial charge in [0.2, 0.25) is 0 Å². The van der Waals surface area contributed by atoms with Gasteiger partial charge in [0.15, 0.2) is 0 Å². The van der Waals surface area contributed by atoms with Gasteiger partial charge < -0.3 is 10.4 Å². The van der Waals surface area contributed by atoms with Crippen LogP contribution in [0.3, 0.4) is 0 Å². The smallest absolute Gasteiger partial charge is 0.134 e. The molecule has 0 saturated heterocycles. The van der Waals surface area contributed by atoms with E-state index >= 15 is 0 Å². The van der Waals surface area contributed by atoms with E-state index in [0.29, 0.717) is 5.02 Å². The highest BCUT2D eigenvalue weighted by Crippen LogP contribution is 2.27. The molecule has 2 nitrogen and oxygen atoms in total. The molecule has 2 N–H and O–H groups in total. The Morgan fingerprint density at radius 1 is 1.00 bits per heavy atom. The number of rotatable bonds is 2. The van der Waals surface area contributed by atoms with Gasteiger partial charge >= 0.3 is 0 Å². The van der Waals surface area contributed by atoms with Crippen molar-refractivity contribution in [2.24, 2.45) is 0 Å². The number of anilines is 2. The van der Waals surface area contributed by atoms with Crippen LogP contribution in [0.2, 0.25) is 5.02 Å². The van der Waals surface area contributed by atoms with Gasteiger partial charge in [0.25, 0.3) is 0 Å². The maximum Gasteiger partial charge on any atom is 0.134 e. The van der Waals surface area contributed by atoms with Gasteiger partial charge in [-0.05, 0) is 65.1 Å². The largest absolute Gasteiger partial charge is 0.506 e. The summed E-state index contributed by atoms with van der Waals surface area (Å²) in [5, 5.41) is 12.8. The third kappa shape index (κ3) is 2.80. The van der Waals surface area contributed by atoms with Crippen LogP contribution in [-0.4, -0.2) is 5.11 Å². The number of hydrogen-bond acceptors (Lipinski definition) is 2. The maximum atomic E-state index is 9.29. The third-order valence-corrected chi connectivity index (χ3v) is 3.10. The summed E-state index contributed by atoms with van der Waals surface area (Å²) < 4.78 is 1.19. The van der Waals surface area contributed by atoms with Crippen LogP contribution in [0.25, 0.3) is 0 Å². The fraction of sp³-hybridized carbons (Fsp3) is 0. The minimum Gasteiger partial charge on any atom is -0.506 e. The number of benzene rings is 2. The Balaban J connectivity index is 2.20. The van der Waals surface area contributed by atoms with E-state index in [0.717, 1.165) is 11.4 Å². The minimum atomic E-state index is 0.0924. The number of aromatic hydroxyl groups is 1. The number of hydrogen-bond donors (Lipinski definition) is 2. The highest BCUT2D eigenvalue weighted by molar-refractivity contribution is 14.1. The van der Waals surface area contributed by atoms with Crippen LogP contribution in [0.5, 0.6) is 5.75 Å². The van der Waals surface area contributed by atoms with Crippen molar-refractivity contribution in [2.45, 2.75) is 0 Å². The summed E-state index contributed by atoms with van der Waals surface area (Å²) in [6.07, 6.45) is 0. The van der Waals surface area contributed by atoms with Crippen molar-refractivity contribution in [3.8, 4) is 5.75 Å². The van der Waals surface area contributed by atoms with Crippen LogP contribution in [0.4, 0.5) is 11.4 Å². The fourth-order valence-electron chi connectivity index (χ4n) is 1.28. The predicted octanol–water partition coefficient (Wildman–Crippen LogP) is 4.39. The molecule has 2 aromatic rings. The van der Waals surface area contributed by atoms with Crippen LogP contribution in [0.1, 0.15) is 0 Å². The Kier molecular flexibility index (Phi) is 3.56. The molecule has 4 heteroatoms. The van der Waals surface area contributed by atoms with Crippen molar-refractivity contribution in [3.05, 3.63) is 51.1 Å². The van der Waals surface area contributed by atoms with Gasteiger partial charge in [0.1, 0.15) is 5.75 Å². The summed E-state index contributed by atoms with van der Waals surface area (Å²) in [7, 11) is 0. The van der Waals surface area contributed by atoms with Gasteiger partial charge in [-0.1, -0.05) is 11.6 Å². The molecular formula is C12H9ClINO. The lowest BCUT2D eigenvalue weighted by molar-refractivity contribution is 0.475. The van der Waals surface area contributed by atoms with E-state index in [1.807, 2.05) is 24.3 Å². The van der Waals surface area contributed by atoms with Crippen molar-refractivity contribution in [2.75, 3.05) is 5.32 Å². The number of nitrogens with one attached hydrogen (secondary N) is 1. The van der Waals surface area contributed by atoms with E-state index < -0.39 is 0 Å². The topological polar surface area (TPSA) is 32.3 Å². The Hall–Kier alpha value is -0.940. The Morgan fingerprint density at radius 3 is 2.25 bits per heavy atom. The second kappa shape index (κ2) is 4.93. The zero-order valence-corrected chi connectivity index (χ0v) is 11.2. The molecule has 0 aliphatic heterocycles. The second-order valence-electron chi connectivity index (χ2n) is 3.30. The number of halogens is 2. The highest BCUT2D eigenvalue weighted by Gasteiger charge is 2.00. The highest BCUT2D eigenvalue weighted by atomic mass is 127. The molecule has 2 rings (SSSR count). The molecule has 0 atom stereocenters. The van der Waals surface area contributed by atoms with E-state index in [1.54, 1.807) is 18.2 Å². The SMILES string of the molecule is Oc1ccc(Nc2ccc(I)cc2)cc1Cl.